The van der Waals surface area contributed by atoms with Crippen molar-refractivity contribution in [1.29, 1.82) is 0 Å². The molecule has 82 valence electrons. The van der Waals surface area contributed by atoms with E-state index < -0.39 is 0 Å². The quantitative estimate of drug-likeness (QED) is 0.628. The maximum Gasteiger partial charge on any atom is 0.0571 e. The van der Waals surface area contributed by atoms with Crippen molar-refractivity contribution in [1.82, 2.24) is 0 Å². The highest BCUT2D eigenvalue weighted by molar-refractivity contribution is 4.91. The molecule has 2 fully saturated rings. The highest BCUT2D eigenvalue weighted by Crippen LogP contribution is 2.46. The first-order valence-corrected chi connectivity index (χ1v) is 6.56. The average Bonchev–Trinajstić information content (AvgIpc) is 2.92. The van der Waals surface area contributed by atoms with E-state index >= 15 is 0 Å². The van der Waals surface area contributed by atoms with E-state index in [1.165, 1.54) is 57.8 Å². The smallest absolute Gasteiger partial charge is 0.0571 e. The van der Waals surface area contributed by atoms with Gasteiger partial charge in [-0.2, -0.15) is 0 Å². The van der Waals surface area contributed by atoms with E-state index in [9.17, 15) is 5.11 Å². The van der Waals surface area contributed by atoms with Gasteiger partial charge in [0.15, 0.2) is 0 Å². The Labute approximate surface area is 87.9 Å². The van der Waals surface area contributed by atoms with Crippen molar-refractivity contribution in [3.63, 3.8) is 0 Å². The molecule has 2 saturated carbocycles. The third kappa shape index (κ3) is 2.98. The zero-order valence-corrected chi connectivity index (χ0v) is 9.25. The molecule has 1 heteroatoms. The molecular formula is C13H24O. The molecule has 0 amide bonds. The third-order valence-electron chi connectivity index (χ3n) is 4.05. The van der Waals surface area contributed by atoms with Gasteiger partial charge in [-0.1, -0.05) is 51.4 Å². The van der Waals surface area contributed by atoms with Gasteiger partial charge in [-0.3, -0.25) is 0 Å². The lowest BCUT2D eigenvalue weighted by molar-refractivity contribution is 0.130. The van der Waals surface area contributed by atoms with Crippen LogP contribution in [0.3, 0.4) is 0 Å². The monoisotopic (exact) mass is 196 g/mol. The molecule has 1 nitrogen and oxygen atoms in total. The normalized spacial score (nSPS) is 40.5. The Balaban J connectivity index is 1.74. The molecule has 14 heavy (non-hydrogen) atoms. The largest absolute Gasteiger partial charge is 0.393 e. The molecule has 0 heterocycles. The summed E-state index contributed by atoms with van der Waals surface area (Å²) in [6.07, 6.45) is 13.5. The molecule has 0 aliphatic heterocycles. The minimum atomic E-state index is 0.0411. The SMILES string of the molecule is O[C@@H]1CCCCCCCCC[C@@H]2C[C@H]21. The van der Waals surface area contributed by atoms with Gasteiger partial charge in [-0.25, -0.2) is 0 Å². The summed E-state index contributed by atoms with van der Waals surface area (Å²) in [4.78, 5) is 0. The molecular weight excluding hydrogens is 172 g/mol. The summed E-state index contributed by atoms with van der Waals surface area (Å²) in [5.74, 6) is 1.58. The van der Waals surface area contributed by atoms with Crippen molar-refractivity contribution in [3.8, 4) is 0 Å². The number of rotatable bonds is 0. The fourth-order valence-corrected chi connectivity index (χ4v) is 2.93. The predicted molar refractivity (Wildman–Crippen MR) is 59.2 cm³/mol. The van der Waals surface area contributed by atoms with Gasteiger partial charge in [0.2, 0.25) is 0 Å². The molecule has 2 aliphatic carbocycles. The van der Waals surface area contributed by atoms with Crippen molar-refractivity contribution in [2.24, 2.45) is 11.8 Å². The lowest BCUT2D eigenvalue weighted by atomic mass is 10.00. The minimum Gasteiger partial charge on any atom is -0.393 e. The summed E-state index contributed by atoms with van der Waals surface area (Å²) in [6.45, 7) is 0. The summed E-state index contributed by atoms with van der Waals surface area (Å²) >= 11 is 0. The Bertz CT molecular complexity index is 167. The van der Waals surface area contributed by atoms with Gasteiger partial charge >= 0.3 is 0 Å². The Hall–Kier alpha value is -0.0400. The summed E-state index contributed by atoms with van der Waals surface area (Å²) in [6, 6.07) is 0. The minimum absolute atomic E-state index is 0.0411. The van der Waals surface area contributed by atoms with Crippen LogP contribution in [0.1, 0.15) is 64.2 Å². The Morgan fingerprint density at radius 3 is 2.00 bits per heavy atom. The van der Waals surface area contributed by atoms with Crippen molar-refractivity contribution in [2.45, 2.75) is 70.3 Å². The lowest BCUT2D eigenvalue weighted by Gasteiger charge is -2.11. The molecule has 1 N–H and O–H groups in total. The van der Waals surface area contributed by atoms with Gasteiger partial charge in [0.1, 0.15) is 0 Å². The second kappa shape index (κ2) is 5.16. The fourth-order valence-electron chi connectivity index (χ4n) is 2.93. The number of aliphatic hydroxyl groups excluding tert-OH is 1. The third-order valence-corrected chi connectivity index (χ3v) is 4.05. The second-order valence-electron chi connectivity index (χ2n) is 5.28. The van der Waals surface area contributed by atoms with Crippen LogP contribution >= 0.6 is 0 Å². The van der Waals surface area contributed by atoms with Crippen LogP contribution in [0.2, 0.25) is 0 Å². The molecule has 3 atom stereocenters. The van der Waals surface area contributed by atoms with Crippen molar-refractivity contribution in [3.05, 3.63) is 0 Å². The molecule has 2 aliphatic rings. The molecule has 0 spiro atoms. The maximum atomic E-state index is 9.90. The van der Waals surface area contributed by atoms with E-state index in [0.29, 0.717) is 5.92 Å². The Morgan fingerprint density at radius 2 is 1.29 bits per heavy atom. The van der Waals surface area contributed by atoms with Crippen LogP contribution in [-0.2, 0) is 0 Å². The summed E-state index contributed by atoms with van der Waals surface area (Å²) in [5.41, 5.74) is 0. The standard InChI is InChI=1S/C13H24O/c14-13-9-7-5-3-1-2-4-6-8-11-10-12(11)13/h11-14H,1-10H2/t11-,12-,13-/m1/s1. The van der Waals surface area contributed by atoms with Crippen LogP contribution in [-0.4, -0.2) is 11.2 Å². The van der Waals surface area contributed by atoms with Crippen LogP contribution in [0.25, 0.3) is 0 Å². The van der Waals surface area contributed by atoms with E-state index in [1.807, 2.05) is 0 Å². The van der Waals surface area contributed by atoms with Gasteiger partial charge in [0.05, 0.1) is 6.10 Å². The molecule has 2 rings (SSSR count). The number of fused-ring (bicyclic) bond motifs is 1. The molecule has 0 aromatic rings. The zero-order valence-electron chi connectivity index (χ0n) is 9.25. The van der Waals surface area contributed by atoms with Gasteiger partial charge < -0.3 is 5.11 Å². The number of hydrogen-bond acceptors (Lipinski definition) is 1. The van der Waals surface area contributed by atoms with E-state index in [4.69, 9.17) is 0 Å². The summed E-state index contributed by atoms with van der Waals surface area (Å²) in [5, 5.41) is 9.90. The predicted octanol–water partition coefficient (Wildman–Crippen LogP) is 3.51. The first-order chi connectivity index (χ1) is 6.88. The first kappa shape index (κ1) is 10.5. The molecule has 0 radical (unpaired) electrons. The number of aliphatic hydroxyl groups is 1. The van der Waals surface area contributed by atoms with Gasteiger partial charge in [-0.15, -0.1) is 0 Å². The molecule has 0 unspecified atom stereocenters. The van der Waals surface area contributed by atoms with Crippen LogP contribution in [0, 0.1) is 11.8 Å². The summed E-state index contributed by atoms with van der Waals surface area (Å²) < 4.78 is 0. The van der Waals surface area contributed by atoms with Crippen molar-refractivity contribution >= 4 is 0 Å². The molecule has 0 aromatic heterocycles. The average molecular weight is 196 g/mol. The molecule has 0 saturated heterocycles. The van der Waals surface area contributed by atoms with Gasteiger partial charge in [-0.05, 0) is 24.7 Å². The van der Waals surface area contributed by atoms with Crippen molar-refractivity contribution < 1.29 is 5.11 Å². The van der Waals surface area contributed by atoms with E-state index in [0.717, 1.165) is 12.3 Å². The van der Waals surface area contributed by atoms with Gasteiger partial charge in [0.25, 0.3) is 0 Å². The Morgan fingerprint density at radius 1 is 0.714 bits per heavy atom. The molecule has 0 aromatic carbocycles. The summed E-state index contributed by atoms with van der Waals surface area (Å²) in [7, 11) is 0. The van der Waals surface area contributed by atoms with Gasteiger partial charge in [0, 0.05) is 0 Å². The number of hydrogen-bond donors (Lipinski definition) is 1. The first-order valence-electron chi connectivity index (χ1n) is 6.56. The highest BCUT2D eigenvalue weighted by Gasteiger charge is 2.40. The topological polar surface area (TPSA) is 20.2 Å². The van der Waals surface area contributed by atoms with E-state index in [1.54, 1.807) is 0 Å². The van der Waals surface area contributed by atoms with Crippen LogP contribution in [0.4, 0.5) is 0 Å². The van der Waals surface area contributed by atoms with Crippen LogP contribution in [0.15, 0.2) is 0 Å². The van der Waals surface area contributed by atoms with E-state index in [2.05, 4.69) is 0 Å². The lowest BCUT2D eigenvalue weighted by Crippen LogP contribution is -2.10. The Kier molecular flexibility index (Phi) is 3.86. The van der Waals surface area contributed by atoms with Crippen molar-refractivity contribution in [2.75, 3.05) is 0 Å². The van der Waals surface area contributed by atoms with E-state index in [-0.39, 0.29) is 6.10 Å². The highest BCUT2D eigenvalue weighted by atomic mass is 16.3. The zero-order chi connectivity index (χ0) is 9.80. The fraction of sp³-hybridized carbons (Fsp3) is 1.00. The van der Waals surface area contributed by atoms with Crippen LogP contribution in [0.5, 0.6) is 0 Å². The maximum absolute atomic E-state index is 9.90. The van der Waals surface area contributed by atoms with Crippen LogP contribution < -0.4 is 0 Å². The molecule has 0 bridgehead atoms. The second-order valence-corrected chi connectivity index (χ2v) is 5.28.